The van der Waals surface area contributed by atoms with Gasteiger partial charge in [0.15, 0.2) is 0 Å². The van der Waals surface area contributed by atoms with Gasteiger partial charge in [-0.05, 0) is 52.2 Å². The minimum atomic E-state index is -0.182. The Morgan fingerprint density at radius 2 is 1.94 bits per heavy atom. The van der Waals surface area contributed by atoms with Gasteiger partial charge in [0.2, 0.25) is 0 Å². The standard InChI is InChI=1S/C14H12BrFN2/c15-10-3-6-14(17-8-10)18-13-7-12(13)9-1-4-11(16)5-2-9/h1-6,8,12-13H,7H2,(H,17,18)/t12-,13+/m0/s1. The summed E-state index contributed by atoms with van der Waals surface area (Å²) in [5.74, 6) is 1.17. The molecule has 2 aromatic rings. The van der Waals surface area contributed by atoms with Crippen molar-refractivity contribution in [2.45, 2.75) is 18.4 Å². The third-order valence-corrected chi connectivity index (χ3v) is 3.62. The van der Waals surface area contributed by atoms with Gasteiger partial charge in [0.25, 0.3) is 0 Å². The molecule has 1 fully saturated rings. The molecule has 0 bridgehead atoms. The molecular weight excluding hydrogens is 295 g/mol. The van der Waals surface area contributed by atoms with E-state index in [4.69, 9.17) is 0 Å². The van der Waals surface area contributed by atoms with E-state index >= 15 is 0 Å². The first-order chi connectivity index (χ1) is 8.72. The molecule has 92 valence electrons. The van der Waals surface area contributed by atoms with Gasteiger partial charge in [-0.1, -0.05) is 12.1 Å². The van der Waals surface area contributed by atoms with Gasteiger partial charge < -0.3 is 5.32 Å². The van der Waals surface area contributed by atoms with Crippen molar-refractivity contribution in [3.8, 4) is 0 Å². The summed E-state index contributed by atoms with van der Waals surface area (Å²) in [6, 6.07) is 11.1. The van der Waals surface area contributed by atoms with Crippen molar-refractivity contribution in [2.75, 3.05) is 5.32 Å². The molecule has 18 heavy (non-hydrogen) atoms. The first-order valence-electron chi connectivity index (χ1n) is 5.86. The number of pyridine rings is 1. The molecule has 0 radical (unpaired) electrons. The highest BCUT2D eigenvalue weighted by atomic mass is 79.9. The Balaban J connectivity index is 1.64. The molecule has 1 saturated carbocycles. The molecular formula is C14H12BrFN2. The summed E-state index contributed by atoms with van der Waals surface area (Å²) in [4.78, 5) is 4.28. The number of anilines is 1. The van der Waals surface area contributed by atoms with Gasteiger partial charge in [0, 0.05) is 22.6 Å². The molecule has 0 aliphatic heterocycles. The second-order valence-electron chi connectivity index (χ2n) is 4.51. The van der Waals surface area contributed by atoms with E-state index in [9.17, 15) is 4.39 Å². The van der Waals surface area contributed by atoms with E-state index in [0.29, 0.717) is 12.0 Å². The van der Waals surface area contributed by atoms with Crippen molar-refractivity contribution < 1.29 is 4.39 Å². The molecule has 1 heterocycles. The molecule has 2 nitrogen and oxygen atoms in total. The smallest absolute Gasteiger partial charge is 0.126 e. The molecule has 0 saturated heterocycles. The minimum Gasteiger partial charge on any atom is -0.367 e. The fourth-order valence-electron chi connectivity index (χ4n) is 2.08. The van der Waals surface area contributed by atoms with Crippen LogP contribution in [0, 0.1) is 5.82 Å². The van der Waals surface area contributed by atoms with Crippen LogP contribution in [0.15, 0.2) is 47.1 Å². The highest BCUT2D eigenvalue weighted by Crippen LogP contribution is 2.42. The van der Waals surface area contributed by atoms with Crippen LogP contribution in [-0.4, -0.2) is 11.0 Å². The molecule has 3 rings (SSSR count). The van der Waals surface area contributed by atoms with Crippen LogP contribution in [0.3, 0.4) is 0 Å². The molecule has 1 aliphatic carbocycles. The fraction of sp³-hybridized carbons (Fsp3) is 0.214. The van der Waals surface area contributed by atoms with Crippen molar-refractivity contribution >= 4 is 21.7 Å². The van der Waals surface area contributed by atoms with Crippen LogP contribution in [0.2, 0.25) is 0 Å². The van der Waals surface area contributed by atoms with Crippen LogP contribution in [0.25, 0.3) is 0 Å². The Labute approximate surface area is 113 Å². The van der Waals surface area contributed by atoms with Gasteiger partial charge in [-0.15, -0.1) is 0 Å². The quantitative estimate of drug-likeness (QED) is 0.928. The maximum atomic E-state index is 12.8. The predicted octanol–water partition coefficient (Wildman–Crippen LogP) is 3.95. The van der Waals surface area contributed by atoms with Crippen molar-refractivity contribution in [3.63, 3.8) is 0 Å². The third-order valence-electron chi connectivity index (χ3n) is 3.15. The summed E-state index contributed by atoms with van der Waals surface area (Å²) in [7, 11) is 0. The summed E-state index contributed by atoms with van der Waals surface area (Å²) < 4.78 is 13.8. The molecule has 1 N–H and O–H groups in total. The molecule has 2 atom stereocenters. The lowest BCUT2D eigenvalue weighted by Crippen LogP contribution is -2.05. The van der Waals surface area contributed by atoms with Crippen LogP contribution >= 0.6 is 15.9 Å². The fourth-order valence-corrected chi connectivity index (χ4v) is 2.32. The van der Waals surface area contributed by atoms with Gasteiger partial charge >= 0.3 is 0 Å². The summed E-state index contributed by atoms with van der Waals surface area (Å²) in [5.41, 5.74) is 1.19. The Kier molecular flexibility index (Phi) is 3.04. The number of hydrogen-bond donors (Lipinski definition) is 1. The summed E-state index contributed by atoms with van der Waals surface area (Å²) in [5, 5.41) is 3.38. The van der Waals surface area contributed by atoms with Crippen LogP contribution in [0.4, 0.5) is 10.2 Å². The lowest BCUT2D eigenvalue weighted by Gasteiger charge is -2.05. The van der Waals surface area contributed by atoms with Crippen molar-refractivity contribution in [1.29, 1.82) is 0 Å². The summed E-state index contributed by atoms with van der Waals surface area (Å²) >= 11 is 3.36. The Morgan fingerprint density at radius 3 is 2.61 bits per heavy atom. The van der Waals surface area contributed by atoms with Crippen molar-refractivity contribution in [1.82, 2.24) is 4.98 Å². The Bertz CT molecular complexity index is 539. The first kappa shape index (κ1) is 11.7. The number of benzene rings is 1. The van der Waals surface area contributed by atoms with Gasteiger partial charge in [-0.3, -0.25) is 0 Å². The maximum Gasteiger partial charge on any atom is 0.126 e. The van der Waals surface area contributed by atoms with E-state index < -0.39 is 0 Å². The number of nitrogens with zero attached hydrogens (tertiary/aromatic N) is 1. The highest BCUT2D eigenvalue weighted by molar-refractivity contribution is 9.10. The average molecular weight is 307 g/mol. The molecule has 0 amide bonds. The second-order valence-corrected chi connectivity index (χ2v) is 5.42. The topological polar surface area (TPSA) is 24.9 Å². The third kappa shape index (κ3) is 2.53. The highest BCUT2D eigenvalue weighted by Gasteiger charge is 2.38. The molecule has 0 spiro atoms. The first-order valence-corrected chi connectivity index (χ1v) is 6.65. The van der Waals surface area contributed by atoms with Crippen LogP contribution in [0.1, 0.15) is 17.9 Å². The molecule has 4 heteroatoms. The van der Waals surface area contributed by atoms with E-state index in [2.05, 4.69) is 26.2 Å². The van der Waals surface area contributed by atoms with E-state index in [0.717, 1.165) is 16.7 Å². The largest absolute Gasteiger partial charge is 0.367 e. The lowest BCUT2D eigenvalue weighted by molar-refractivity contribution is 0.627. The minimum absolute atomic E-state index is 0.182. The van der Waals surface area contributed by atoms with Gasteiger partial charge in [0.1, 0.15) is 11.6 Å². The molecule has 1 aromatic heterocycles. The lowest BCUT2D eigenvalue weighted by atomic mass is 10.1. The van der Waals surface area contributed by atoms with Crippen molar-refractivity contribution in [2.24, 2.45) is 0 Å². The van der Waals surface area contributed by atoms with Crippen LogP contribution < -0.4 is 5.32 Å². The maximum absolute atomic E-state index is 12.8. The molecule has 1 aromatic carbocycles. The number of halogens is 2. The number of nitrogens with one attached hydrogen (secondary N) is 1. The predicted molar refractivity (Wildman–Crippen MR) is 73.1 cm³/mol. The SMILES string of the molecule is Fc1ccc([C@@H]2C[C@H]2Nc2ccc(Br)cn2)cc1. The average Bonchev–Trinajstić information content (AvgIpc) is 3.12. The Hall–Kier alpha value is -1.42. The van der Waals surface area contributed by atoms with E-state index in [1.54, 1.807) is 6.20 Å². The monoisotopic (exact) mass is 306 g/mol. The number of rotatable bonds is 3. The van der Waals surface area contributed by atoms with Crippen LogP contribution in [-0.2, 0) is 0 Å². The zero-order valence-electron chi connectivity index (χ0n) is 9.61. The molecule has 0 unspecified atom stereocenters. The zero-order chi connectivity index (χ0) is 12.5. The van der Waals surface area contributed by atoms with Crippen LogP contribution in [0.5, 0.6) is 0 Å². The van der Waals surface area contributed by atoms with E-state index in [1.165, 1.54) is 17.7 Å². The van der Waals surface area contributed by atoms with E-state index in [1.807, 2.05) is 24.3 Å². The molecule has 1 aliphatic rings. The van der Waals surface area contributed by atoms with Gasteiger partial charge in [-0.2, -0.15) is 0 Å². The number of aromatic nitrogens is 1. The van der Waals surface area contributed by atoms with Crippen molar-refractivity contribution in [3.05, 3.63) is 58.4 Å². The summed E-state index contributed by atoms with van der Waals surface area (Å²) in [6.45, 7) is 0. The normalized spacial score (nSPS) is 21.7. The van der Waals surface area contributed by atoms with Gasteiger partial charge in [0.05, 0.1) is 0 Å². The summed E-state index contributed by atoms with van der Waals surface area (Å²) in [6.07, 6.45) is 2.85. The zero-order valence-corrected chi connectivity index (χ0v) is 11.2. The van der Waals surface area contributed by atoms with Gasteiger partial charge in [-0.25, -0.2) is 9.37 Å². The number of hydrogen-bond acceptors (Lipinski definition) is 2. The Morgan fingerprint density at radius 1 is 1.17 bits per heavy atom. The second kappa shape index (κ2) is 4.69. The van der Waals surface area contributed by atoms with E-state index in [-0.39, 0.29) is 5.82 Å².